The number of hydrogen-bond donors (Lipinski definition) is 0. The van der Waals surface area contributed by atoms with Crippen LogP contribution in [0.1, 0.15) is 39.0 Å². The molecule has 0 aliphatic heterocycles. The molecule has 0 aromatic heterocycles. The van der Waals surface area contributed by atoms with Crippen LogP contribution in [-0.2, 0) is 4.79 Å². The summed E-state index contributed by atoms with van der Waals surface area (Å²) < 4.78 is 0. The van der Waals surface area contributed by atoms with Crippen LogP contribution in [0.2, 0.25) is 0 Å². The highest BCUT2D eigenvalue weighted by molar-refractivity contribution is 9.09. The Morgan fingerprint density at radius 2 is 2.18 bits per heavy atom. The molecule has 0 rings (SSSR count). The quantitative estimate of drug-likeness (QED) is 0.635. The van der Waals surface area contributed by atoms with Crippen molar-refractivity contribution in [3.63, 3.8) is 0 Å². The summed E-state index contributed by atoms with van der Waals surface area (Å²) >= 11 is 3.52. The zero-order valence-corrected chi connectivity index (χ0v) is 8.49. The number of amides is 1. The van der Waals surface area contributed by atoms with Crippen molar-refractivity contribution in [1.82, 2.24) is 5.73 Å². The molecule has 0 aliphatic rings. The lowest BCUT2D eigenvalue weighted by atomic mass is 10.1. The molecule has 3 heteroatoms. The number of rotatable bonds is 6. The molecule has 0 heterocycles. The smallest absolute Gasteiger partial charge is 0.238 e. The van der Waals surface area contributed by atoms with Crippen LogP contribution in [0, 0.1) is 0 Å². The van der Waals surface area contributed by atoms with Crippen molar-refractivity contribution in [2.75, 3.05) is 0 Å². The van der Waals surface area contributed by atoms with Gasteiger partial charge in [-0.2, -0.15) is 0 Å². The molecular formula is C8H15BrNO. The fourth-order valence-corrected chi connectivity index (χ4v) is 1.72. The van der Waals surface area contributed by atoms with Crippen molar-refractivity contribution in [2.24, 2.45) is 0 Å². The van der Waals surface area contributed by atoms with Crippen LogP contribution in [0.5, 0.6) is 0 Å². The summed E-state index contributed by atoms with van der Waals surface area (Å²) in [5, 5.41) is 0. The zero-order chi connectivity index (χ0) is 8.69. The Balaban J connectivity index is 3.16. The minimum Gasteiger partial charge on any atom is -0.273 e. The summed E-state index contributed by atoms with van der Waals surface area (Å²) in [7, 11) is 0. The molecule has 0 saturated carbocycles. The van der Waals surface area contributed by atoms with E-state index in [9.17, 15) is 4.79 Å². The molecule has 1 amide bonds. The van der Waals surface area contributed by atoms with Crippen LogP contribution in [0.15, 0.2) is 0 Å². The lowest BCUT2D eigenvalue weighted by molar-refractivity contribution is -0.118. The van der Waals surface area contributed by atoms with Gasteiger partial charge in [-0.1, -0.05) is 29.3 Å². The van der Waals surface area contributed by atoms with Gasteiger partial charge in [0.1, 0.15) is 0 Å². The maximum absolute atomic E-state index is 10.2. The molecule has 0 fully saturated rings. The molecule has 0 spiro atoms. The van der Waals surface area contributed by atoms with Crippen LogP contribution >= 0.6 is 15.9 Å². The molecule has 1 radical (unpaired) electrons. The first kappa shape index (κ1) is 11.0. The van der Waals surface area contributed by atoms with Gasteiger partial charge in [-0.3, -0.25) is 10.5 Å². The molecule has 65 valence electrons. The van der Waals surface area contributed by atoms with Gasteiger partial charge in [0.2, 0.25) is 5.91 Å². The predicted octanol–water partition coefficient (Wildman–Crippen LogP) is 2.53. The summed E-state index contributed by atoms with van der Waals surface area (Å²) in [6.07, 6.45) is 4.60. The van der Waals surface area contributed by atoms with Crippen LogP contribution in [0.25, 0.3) is 0 Å². The van der Waals surface area contributed by atoms with Crippen molar-refractivity contribution in [3.05, 3.63) is 0 Å². The number of hydrogen-bond acceptors (Lipinski definition) is 1. The van der Waals surface area contributed by atoms with Crippen molar-refractivity contribution < 1.29 is 4.79 Å². The fourth-order valence-electron chi connectivity index (χ4n) is 0.942. The Hall–Kier alpha value is -0.0500. The first-order chi connectivity index (χ1) is 5.16. The lowest BCUT2D eigenvalue weighted by Crippen LogP contribution is -2.01. The van der Waals surface area contributed by atoms with Gasteiger partial charge in [-0.25, -0.2) is 0 Å². The minimum absolute atomic E-state index is 0.409. The third kappa shape index (κ3) is 7.85. The second-order valence-electron chi connectivity index (χ2n) is 2.70. The highest BCUT2D eigenvalue weighted by Crippen LogP contribution is 2.14. The van der Waals surface area contributed by atoms with Gasteiger partial charge in [0, 0.05) is 11.2 Å². The Morgan fingerprint density at radius 3 is 2.64 bits per heavy atom. The van der Waals surface area contributed by atoms with Crippen molar-refractivity contribution in [1.29, 1.82) is 0 Å². The Kier molecular flexibility index (Phi) is 6.62. The molecule has 11 heavy (non-hydrogen) atoms. The maximum Gasteiger partial charge on any atom is 0.238 e. The Bertz CT molecular complexity index is 117. The first-order valence-electron chi connectivity index (χ1n) is 4.05. The number of nitrogens with one attached hydrogen (secondary N) is 1. The minimum atomic E-state index is -0.443. The van der Waals surface area contributed by atoms with Crippen molar-refractivity contribution >= 4 is 21.8 Å². The number of carbonyl (C=O) groups is 1. The summed E-state index contributed by atoms with van der Waals surface area (Å²) in [5.41, 5.74) is 6.67. The van der Waals surface area contributed by atoms with E-state index in [0.29, 0.717) is 11.2 Å². The van der Waals surface area contributed by atoms with Crippen LogP contribution in [0.4, 0.5) is 0 Å². The number of alkyl halides is 1. The van der Waals surface area contributed by atoms with E-state index in [1.807, 2.05) is 0 Å². The van der Waals surface area contributed by atoms with Gasteiger partial charge >= 0.3 is 0 Å². The van der Waals surface area contributed by atoms with E-state index in [4.69, 9.17) is 5.73 Å². The summed E-state index contributed by atoms with van der Waals surface area (Å²) in [5.74, 6) is -0.443. The second-order valence-corrected chi connectivity index (χ2v) is 4.00. The molecule has 0 aromatic rings. The van der Waals surface area contributed by atoms with E-state index in [0.717, 1.165) is 19.3 Å². The molecular weight excluding hydrogens is 206 g/mol. The molecule has 0 aliphatic carbocycles. The van der Waals surface area contributed by atoms with Gasteiger partial charge in [-0.15, -0.1) is 0 Å². The normalized spacial score (nSPS) is 12.9. The maximum atomic E-state index is 10.2. The van der Waals surface area contributed by atoms with Gasteiger partial charge < -0.3 is 0 Å². The first-order valence-corrected chi connectivity index (χ1v) is 4.97. The number of carbonyl (C=O) groups excluding carboxylic acids is 1. The molecule has 2 nitrogen and oxygen atoms in total. The second kappa shape index (κ2) is 6.65. The van der Waals surface area contributed by atoms with E-state index < -0.39 is 5.91 Å². The largest absolute Gasteiger partial charge is 0.273 e. The molecule has 0 bridgehead atoms. The third-order valence-electron chi connectivity index (χ3n) is 1.52. The topological polar surface area (TPSA) is 40.9 Å². The predicted molar refractivity (Wildman–Crippen MR) is 49.6 cm³/mol. The number of halogens is 1. The SMILES string of the molecule is CCCC(Br)CCCC([NH])=O. The Morgan fingerprint density at radius 1 is 1.55 bits per heavy atom. The summed E-state index contributed by atoms with van der Waals surface area (Å²) in [4.78, 5) is 10.8. The average Bonchev–Trinajstić information content (AvgIpc) is 1.87. The van der Waals surface area contributed by atoms with E-state index in [-0.39, 0.29) is 0 Å². The molecule has 1 unspecified atom stereocenters. The standard InChI is InChI=1S/C8H15BrNO/c1-2-4-7(9)5-3-6-8(10)11/h7,10H,2-6H2,1H3. The third-order valence-corrected chi connectivity index (χ3v) is 2.44. The van der Waals surface area contributed by atoms with Crippen LogP contribution in [0.3, 0.4) is 0 Å². The monoisotopic (exact) mass is 220 g/mol. The van der Waals surface area contributed by atoms with Gasteiger partial charge in [-0.05, 0) is 19.3 Å². The van der Waals surface area contributed by atoms with Gasteiger partial charge in [0.25, 0.3) is 0 Å². The van der Waals surface area contributed by atoms with E-state index in [1.54, 1.807) is 0 Å². The summed E-state index contributed by atoms with van der Waals surface area (Å²) in [6, 6.07) is 0. The van der Waals surface area contributed by atoms with Crippen molar-refractivity contribution in [2.45, 2.75) is 43.9 Å². The van der Waals surface area contributed by atoms with Crippen LogP contribution in [-0.4, -0.2) is 10.7 Å². The lowest BCUT2D eigenvalue weighted by Gasteiger charge is -2.05. The average molecular weight is 221 g/mol. The highest BCUT2D eigenvalue weighted by Gasteiger charge is 2.03. The summed E-state index contributed by atoms with van der Waals surface area (Å²) in [6.45, 7) is 2.14. The Labute approximate surface area is 76.7 Å². The van der Waals surface area contributed by atoms with Gasteiger partial charge in [0.05, 0.1) is 0 Å². The molecule has 1 atom stereocenters. The van der Waals surface area contributed by atoms with E-state index in [2.05, 4.69) is 22.9 Å². The molecule has 0 aromatic carbocycles. The zero-order valence-electron chi connectivity index (χ0n) is 6.90. The highest BCUT2D eigenvalue weighted by atomic mass is 79.9. The van der Waals surface area contributed by atoms with Gasteiger partial charge in [0.15, 0.2) is 0 Å². The van der Waals surface area contributed by atoms with E-state index >= 15 is 0 Å². The molecule has 1 N–H and O–H groups in total. The molecule has 0 saturated heterocycles. The van der Waals surface area contributed by atoms with Crippen molar-refractivity contribution in [3.8, 4) is 0 Å². The van der Waals surface area contributed by atoms with E-state index in [1.165, 1.54) is 6.42 Å². The van der Waals surface area contributed by atoms with Crippen LogP contribution < -0.4 is 5.73 Å². The fraction of sp³-hybridized carbons (Fsp3) is 0.875.